The molecule has 0 saturated carbocycles. The molecule has 8 nitrogen and oxygen atoms in total. The third kappa shape index (κ3) is 7.63. The lowest BCUT2D eigenvalue weighted by molar-refractivity contribution is -0.00807. The van der Waals surface area contributed by atoms with Gasteiger partial charge in [0.25, 0.3) is 0 Å². The monoisotopic (exact) mass is 517 g/mol. The van der Waals surface area contributed by atoms with Gasteiger partial charge in [0, 0.05) is 58.1 Å². The second-order valence-corrected chi connectivity index (χ2v) is 6.76. The normalized spacial score (nSPS) is 17.2. The molecule has 1 aliphatic heterocycles. The molecule has 162 valence electrons. The highest BCUT2D eigenvalue weighted by Crippen LogP contribution is 2.21. The number of aliphatic imine (C=N–C) groups is 1. The minimum absolute atomic E-state index is 0. The Morgan fingerprint density at radius 3 is 3.07 bits per heavy atom. The van der Waals surface area contributed by atoms with Gasteiger partial charge in [-0.25, -0.2) is 0 Å². The number of furan rings is 1. The Labute approximate surface area is 189 Å². The van der Waals surface area contributed by atoms with E-state index in [1.807, 2.05) is 43.2 Å². The number of nitrogens with one attached hydrogen (secondary N) is 1. The van der Waals surface area contributed by atoms with Crippen molar-refractivity contribution in [3.63, 3.8) is 0 Å². The Balaban J connectivity index is 0.00000300. The number of hydrogen-bond acceptors (Lipinski definition) is 5. The molecule has 3 heterocycles. The number of guanidine groups is 1. The van der Waals surface area contributed by atoms with Crippen LogP contribution in [0.5, 0.6) is 0 Å². The number of morpholine rings is 1. The van der Waals surface area contributed by atoms with Crippen molar-refractivity contribution in [2.45, 2.75) is 25.9 Å². The molecule has 0 aromatic carbocycles. The Kier molecular flexibility index (Phi) is 10.5. The van der Waals surface area contributed by atoms with Gasteiger partial charge in [-0.15, -0.1) is 24.0 Å². The van der Waals surface area contributed by atoms with Crippen molar-refractivity contribution >= 4 is 29.9 Å². The lowest BCUT2D eigenvalue weighted by Crippen LogP contribution is -2.48. The number of nitrogens with zero attached hydrogens (tertiary/aromatic N) is 4. The van der Waals surface area contributed by atoms with Gasteiger partial charge in [-0.2, -0.15) is 5.10 Å². The van der Waals surface area contributed by atoms with E-state index in [2.05, 4.69) is 15.3 Å². The highest BCUT2D eigenvalue weighted by Gasteiger charge is 2.25. The molecular formula is C20H32IN5O3. The van der Waals surface area contributed by atoms with Gasteiger partial charge in [0.15, 0.2) is 5.96 Å². The van der Waals surface area contributed by atoms with Crippen molar-refractivity contribution in [1.82, 2.24) is 20.0 Å². The summed E-state index contributed by atoms with van der Waals surface area (Å²) in [5.74, 6) is 1.89. The van der Waals surface area contributed by atoms with Crippen LogP contribution in [0.4, 0.5) is 0 Å². The van der Waals surface area contributed by atoms with Crippen LogP contribution in [0.15, 0.2) is 40.2 Å². The van der Waals surface area contributed by atoms with Crippen LogP contribution in [0.2, 0.25) is 0 Å². The quantitative estimate of drug-likeness (QED) is 0.239. The molecule has 2 aromatic rings. The van der Waals surface area contributed by atoms with Gasteiger partial charge in [-0.1, -0.05) is 0 Å². The maximum absolute atomic E-state index is 5.97. The zero-order chi connectivity index (χ0) is 19.6. The summed E-state index contributed by atoms with van der Waals surface area (Å²) in [4.78, 5) is 7.08. The topological polar surface area (TPSA) is 77.1 Å². The summed E-state index contributed by atoms with van der Waals surface area (Å²) >= 11 is 0. The predicted octanol–water partition coefficient (Wildman–Crippen LogP) is 2.62. The summed E-state index contributed by atoms with van der Waals surface area (Å²) in [6, 6.07) is 3.91. The predicted molar refractivity (Wildman–Crippen MR) is 123 cm³/mol. The fourth-order valence-corrected chi connectivity index (χ4v) is 3.17. The van der Waals surface area contributed by atoms with Crippen molar-refractivity contribution in [1.29, 1.82) is 0 Å². The zero-order valence-corrected chi connectivity index (χ0v) is 19.6. The fourth-order valence-electron chi connectivity index (χ4n) is 3.17. The first-order valence-corrected chi connectivity index (χ1v) is 9.99. The number of aryl methyl sites for hydroxylation is 1. The van der Waals surface area contributed by atoms with Crippen molar-refractivity contribution < 1.29 is 13.9 Å². The van der Waals surface area contributed by atoms with Crippen LogP contribution in [0, 0.1) is 0 Å². The van der Waals surface area contributed by atoms with Gasteiger partial charge in [0.1, 0.15) is 11.9 Å². The van der Waals surface area contributed by atoms with Crippen LogP contribution < -0.4 is 5.32 Å². The molecule has 9 heteroatoms. The third-order valence-electron chi connectivity index (χ3n) is 4.61. The lowest BCUT2D eigenvalue weighted by Gasteiger charge is -2.35. The van der Waals surface area contributed by atoms with E-state index < -0.39 is 0 Å². The van der Waals surface area contributed by atoms with Gasteiger partial charge in [-0.3, -0.25) is 9.67 Å². The van der Waals surface area contributed by atoms with Gasteiger partial charge in [0.05, 0.1) is 25.6 Å². The van der Waals surface area contributed by atoms with Crippen LogP contribution in [-0.2, 0) is 22.9 Å². The Bertz CT molecular complexity index is 720. The summed E-state index contributed by atoms with van der Waals surface area (Å²) in [5.41, 5.74) is 1.10. The molecule has 0 spiro atoms. The fraction of sp³-hybridized carbons (Fsp3) is 0.600. The van der Waals surface area contributed by atoms with E-state index in [-0.39, 0.29) is 30.1 Å². The van der Waals surface area contributed by atoms with E-state index in [4.69, 9.17) is 18.9 Å². The van der Waals surface area contributed by atoms with E-state index in [1.165, 1.54) is 0 Å². The largest absolute Gasteiger partial charge is 0.469 e. The van der Waals surface area contributed by atoms with Gasteiger partial charge in [-0.05, 0) is 25.5 Å². The molecule has 1 N–H and O–H groups in total. The Morgan fingerprint density at radius 2 is 2.34 bits per heavy atom. The molecule has 0 radical (unpaired) electrons. The maximum atomic E-state index is 5.97. The summed E-state index contributed by atoms with van der Waals surface area (Å²) < 4.78 is 18.6. The molecule has 0 amide bonds. The van der Waals surface area contributed by atoms with Crippen LogP contribution in [0.3, 0.4) is 0 Å². The molecule has 1 saturated heterocycles. The second-order valence-electron chi connectivity index (χ2n) is 6.76. The second kappa shape index (κ2) is 12.9. The molecule has 2 aromatic heterocycles. The third-order valence-corrected chi connectivity index (χ3v) is 4.61. The van der Waals surface area contributed by atoms with Crippen LogP contribution in [0.1, 0.15) is 30.8 Å². The van der Waals surface area contributed by atoms with E-state index in [0.717, 1.165) is 69.5 Å². The summed E-state index contributed by atoms with van der Waals surface area (Å²) in [5, 5.41) is 7.76. The standard InChI is InChI=1S/C20H31N5O3.HI/c1-3-26-11-5-8-21-20(22-9-7-18-6-4-12-27-18)25-10-13-28-19(16-25)17-14-23-24(2)15-17;/h4,6,12,14-15,19H,3,5,7-11,13,16H2,1-2H3,(H,21,22);1H. The lowest BCUT2D eigenvalue weighted by atomic mass is 10.1. The Morgan fingerprint density at radius 1 is 1.45 bits per heavy atom. The molecule has 1 atom stereocenters. The van der Waals surface area contributed by atoms with E-state index in [1.54, 1.807) is 6.26 Å². The van der Waals surface area contributed by atoms with Crippen molar-refractivity contribution in [3.05, 3.63) is 42.1 Å². The summed E-state index contributed by atoms with van der Waals surface area (Å²) in [6.07, 6.45) is 7.32. The van der Waals surface area contributed by atoms with Crippen molar-refractivity contribution in [2.75, 3.05) is 46.0 Å². The first-order valence-electron chi connectivity index (χ1n) is 9.99. The van der Waals surface area contributed by atoms with Crippen LogP contribution >= 0.6 is 24.0 Å². The van der Waals surface area contributed by atoms with Crippen LogP contribution in [-0.4, -0.2) is 66.6 Å². The number of aromatic nitrogens is 2. The summed E-state index contributed by atoms with van der Waals surface area (Å²) in [7, 11) is 1.92. The molecule has 1 unspecified atom stereocenters. The molecular weight excluding hydrogens is 485 g/mol. The van der Waals surface area contributed by atoms with E-state index in [9.17, 15) is 0 Å². The Hall–Kier alpha value is -1.59. The molecule has 0 bridgehead atoms. The average molecular weight is 517 g/mol. The zero-order valence-electron chi connectivity index (χ0n) is 17.2. The van der Waals surface area contributed by atoms with E-state index in [0.29, 0.717) is 6.61 Å². The highest BCUT2D eigenvalue weighted by molar-refractivity contribution is 14.0. The maximum Gasteiger partial charge on any atom is 0.194 e. The van der Waals surface area contributed by atoms with Gasteiger partial charge in [0.2, 0.25) is 0 Å². The number of ether oxygens (including phenoxy) is 2. The minimum atomic E-state index is 0. The first-order chi connectivity index (χ1) is 13.8. The molecule has 29 heavy (non-hydrogen) atoms. The van der Waals surface area contributed by atoms with Crippen molar-refractivity contribution in [2.24, 2.45) is 12.0 Å². The van der Waals surface area contributed by atoms with Gasteiger partial charge < -0.3 is 24.1 Å². The number of rotatable bonds is 9. The smallest absolute Gasteiger partial charge is 0.194 e. The minimum Gasteiger partial charge on any atom is -0.469 e. The highest BCUT2D eigenvalue weighted by atomic mass is 127. The van der Waals surface area contributed by atoms with Gasteiger partial charge >= 0.3 is 0 Å². The van der Waals surface area contributed by atoms with Crippen LogP contribution in [0.25, 0.3) is 0 Å². The molecule has 1 aliphatic rings. The average Bonchev–Trinajstić information content (AvgIpc) is 3.38. The first kappa shape index (κ1) is 23.7. The molecule has 1 fully saturated rings. The summed E-state index contributed by atoms with van der Waals surface area (Å²) in [6.45, 7) is 7.23. The molecule has 0 aliphatic carbocycles. The molecule has 3 rings (SSSR count). The van der Waals surface area contributed by atoms with E-state index >= 15 is 0 Å². The number of hydrogen-bond donors (Lipinski definition) is 1. The van der Waals surface area contributed by atoms with Crippen molar-refractivity contribution in [3.8, 4) is 0 Å². The number of halogens is 1. The SMILES string of the molecule is CCOCCCN=C(NCCc1ccco1)N1CCOC(c2cnn(C)c2)C1.I.